The van der Waals surface area contributed by atoms with Crippen molar-refractivity contribution in [3.63, 3.8) is 0 Å². The number of nitrogens with one attached hydrogen (secondary N) is 1. The fraction of sp³-hybridized carbons (Fsp3) is 0.316. The Balaban J connectivity index is 0.00000338. The minimum absolute atomic E-state index is 0. The molecule has 7 heteroatoms. The number of benzene rings is 2. The van der Waals surface area contributed by atoms with E-state index in [0.717, 1.165) is 17.7 Å². The lowest BCUT2D eigenvalue weighted by Gasteiger charge is -2.22. The fourth-order valence-corrected chi connectivity index (χ4v) is 2.45. The van der Waals surface area contributed by atoms with E-state index in [1.165, 1.54) is 13.2 Å². The van der Waals surface area contributed by atoms with Gasteiger partial charge in [0, 0.05) is 20.1 Å². The van der Waals surface area contributed by atoms with Crippen molar-refractivity contribution in [3.8, 4) is 11.5 Å². The molecule has 0 amide bonds. The van der Waals surface area contributed by atoms with Crippen LogP contribution in [0.3, 0.4) is 0 Å². The molecule has 0 aliphatic heterocycles. The van der Waals surface area contributed by atoms with Crippen LogP contribution in [0.4, 0.5) is 4.39 Å². The summed E-state index contributed by atoms with van der Waals surface area (Å²) < 4.78 is 18.8. The maximum atomic E-state index is 13.8. The molecular weight excluding hydrogens is 448 g/mol. The summed E-state index contributed by atoms with van der Waals surface area (Å²) in [7, 11) is 3.34. The van der Waals surface area contributed by atoms with Gasteiger partial charge in [-0.3, -0.25) is 0 Å². The van der Waals surface area contributed by atoms with Gasteiger partial charge < -0.3 is 20.1 Å². The third kappa shape index (κ3) is 6.36. The van der Waals surface area contributed by atoms with E-state index >= 15 is 0 Å². The summed E-state index contributed by atoms with van der Waals surface area (Å²) in [5.41, 5.74) is 1.74. The molecule has 2 aromatic rings. The minimum atomic E-state index is -0.380. The molecule has 0 bridgehead atoms. The predicted octanol–water partition coefficient (Wildman–Crippen LogP) is 3.76. The zero-order valence-corrected chi connectivity index (χ0v) is 17.5. The Morgan fingerprint density at radius 2 is 2.00 bits per heavy atom. The van der Waals surface area contributed by atoms with E-state index in [1.807, 2.05) is 31.0 Å². The minimum Gasteiger partial charge on any atom is -0.508 e. The summed E-state index contributed by atoms with van der Waals surface area (Å²) in [6.45, 7) is 3.66. The molecule has 0 saturated heterocycles. The highest BCUT2D eigenvalue weighted by atomic mass is 127. The van der Waals surface area contributed by atoms with Gasteiger partial charge in [0.1, 0.15) is 5.75 Å². The van der Waals surface area contributed by atoms with Crippen LogP contribution >= 0.6 is 24.0 Å². The Morgan fingerprint density at radius 1 is 1.23 bits per heavy atom. The zero-order valence-electron chi connectivity index (χ0n) is 15.2. The second-order valence-corrected chi connectivity index (χ2v) is 5.67. The van der Waals surface area contributed by atoms with E-state index in [9.17, 15) is 9.50 Å². The van der Waals surface area contributed by atoms with Gasteiger partial charge in [0.25, 0.3) is 0 Å². The first-order valence-corrected chi connectivity index (χ1v) is 8.13. The second-order valence-electron chi connectivity index (χ2n) is 5.67. The summed E-state index contributed by atoms with van der Waals surface area (Å²) in [4.78, 5) is 6.50. The molecule has 2 rings (SSSR count). The van der Waals surface area contributed by atoms with Gasteiger partial charge in [-0.1, -0.05) is 18.2 Å². The van der Waals surface area contributed by atoms with Crippen molar-refractivity contribution in [3.05, 3.63) is 59.4 Å². The smallest absolute Gasteiger partial charge is 0.194 e. The summed E-state index contributed by atoms with van der Waals surface area (Å²) in [5.74, 6) is 0.785. The highest BCUT2D eigenvalue weighted by Crippen LogP contribution is 2.18. The molecule has 2 N–H and O–H groups in total. The Kier molecular flexibility index (Phi) is 9.18. The molecule has 0 saturated carbocycles. The molecule has 0 atom stereocenters. The standard InChI is InChI=1S/C19H24FN3O2.HI/c1-4-21-19(22-12-14-6-5-7-16(24)10-14)23(2)13-15-8-9-18(25-3)17(20)11-15;/h5-11,24H,4,12-13H2,1-3H3,(H,21,22);1H. The first kappa shape index (κ1) is 22.0. The van der Waals surface area contributed by atoms with Gasteiger partial charge in [-0.2, -0.15) is 0 Å². The SMILES string of the molecule is CCNC(=NCc1cccc(O)c1)N(C)Cc1ccc(OC)c(F)c1.I. The Morgan fingerprint density at radius 3 is 2.62 bits per heavy atom. The number of ether oxygens (including phenoxy) is 1. The number of aliphatic imine (C=N–C) groups is 1. The molecule has 2 aromatic carbocycles. The van der Waals surface area contributed by atoms with Crippen molar-refractivity contribution in [2.24, 2.45) is 4.99 Å². The van der Waals surface area contributed by atoms with Crippen molar-refractivity contribution in [1.29, 1.82) is 0 Å². The molecule has 0 radical (unpaired) electrons. The van der Waals surface area contributed by atoms with Gasteiger partial charge in [0.2, 0.25) is 0 Å². The molecule has 0 fully saturated rings. The van der Waals surface area contributed by atoms with E-state index < -0.39 is 0 Å². The lowest BCUT2D eigenvalue weighted by Crippen LogP contribution is -2.38. The van der Waals surface area contributed by atoms with Gasteiger partial charge in [-0.15, -0.1) is 24.0 Å². The van der Waals surface area contributed by atoms with Crippen molar-refractivity contribution < 1.29 is 14.2 Å². The second kappa shape index (κ2) is 10.8. The fourth-order valence-electron chi connectivity index (χ4n) is 2.45. The number of guanidine groups is 1. The van der Waals surface area contributed by atoms with Crippen molar-refractivity contribution >= 4 is 29.9 Å². The first-order valence-electron chi connectivity index (χ1n) is 8.13. The number of phenolic OH excluding ortho intramolecular Hbond substituents is 1. The van der Waals surface area contributed by atoms with Crippen LogP contribution in [0.25, 0.3) is 0 Å². The summed E-state index contributed by atoms with van der Waals surface area (Å²) >= 11 is 0. The zero-order chi connectivity index (χ0) is 18.2. The number of rotatable bonds is 6. The van der Waals surface area contributed by atoms with Crippen LogP contribution in [-0.2, 0) is 13.1 Å². The normalized spacial score (nSPS) is 10.8. The van der Waals surface area contributed by atoms with Gasteiger partial charge in [0.15, 0.2) is 17.5 Å². The quantitative estimate of drug-likeness (QED) is 0.381. The van der Waals surface area contributed by atoms with Crippen LogP contribution in [0, 0.1) is 5.82 Å². The topological polar surface area (TPSA) is 57.1 Å². The van der Waals surface area contributed by atoms with E-state index in [4.69, 9.17) is 4.74 Å². The lowest BCUT2D eigenvalue weighted by molar-refractivity contribution is 0.385. The molecule has 0 aromatic heterocycles. The maximum absolute atomic E-state index is 13.8. The largest absolute Gasteiger partial charge is 0.508 e. The summed E-state index contributed by atoms with van der Waals surface area (Å²) in [5, 5.41) is 12.8. The summed E-state index contributed by atoms with van der Waals surface area (Å²) in [6, 6.07) is 11.9. The highest BCUT2D eigenvalue weighted by molar-refractivity contribution is 14.0. The third-order valence-electron chi connectivity index (χ3n) is 3.65. The number of aromatic hydroxyl groups is 1. The lowest BCUT2D eigenvalue weighted by atomic mass is 10.2. The van der Waals surface area contributed by atoms with Crippen LogP contribution in [0.1, 0.15) is 18.1 Å². The molecule has 0 aliphatic rings. The monoisotopic (exact) mass is 473 g/mol. The van der Waals surface area contributed by atoms with Crippen LogP contribution in [0.2, 0.25) is 0 Å². The number of nitrogens with zero attached hydrogens (tertiary/aromatic N) is 2. The summed E-state index contributed by atoms with van der Waals surface area (Å²) in [6.07, 6.45) is 0. The Hall–Kier alpha value is -2.03. The van der Waals surface area contributed by atoms with Gasteiger partial charge >= 0.3 is 0 Å². The van der Waals surface area contributed by atoms with Crippen molar-refractivity contribution in [2.75, 3.05) is 20.7 Å². The van der Waals surface area contributed by atoms with Gasteiger partial charge in [-0.25, -0.2) is 9.38 Å². The molecule has 0 spiro atoms. The van der Waals surface area contributed by atoms with Crippen LogP contribution < -0.4 is 10.1 Å². The van der Waals surface area contributed by atoms with Crippen LogP contribution in [0.15, 0.2) is 47.5 Å². The average Bonchev–Trinajstić information content (AvgIpc) is 2.58. The first-order chi connectivity index (χ1) is 12.0. The van der Waals surface area contributed by atoms with Crippen molar-refractivity contribution in [1.82, 2.24) is 10.2 Å². The van der Waals surface area contributed by atoms with Gasteiger partial charge in [-0.05, 0) is 42.3 Å². The Bertz CT molecular complexity index is 740. The number of hydrogen-bond acceptors (Lipinski definition) is 3. The number of methoxy groups -OCH3 is 1. The Labute approximate surface area is 170 Å². The number of halogens is 2. The highest BCUT2D eigenvalue weighted by Gasteiger charge is 2.09. The van der Waals surface area contributed by atoms with Crippen LogP contribution in [0.5, 0.6) is 11.5 Å². The van der Waals surface area contributed by atoms with Crippen LogP contribution in [-0.4, -0.2) is 36.7 Å². The molecule has 0 unspecified atom stereocenters. The third-order valence-corrected chi connectivity index (χ3v) is 3.65. The number of phenols is 1. The molecule has 0 heterocycles. The molecular formula is C19H25FIN3O2. The van der Waals surface area contributed by atoms with Gasteiger partial charge in [0.05, 0.1) is 13.7 Å². The van der Waals surface area contributed by atoms with Crippen molar-refractivity contribution in [2.45, 2.75) is 20.0 Å². The predicted molar refractivity (Wildman–Crippen MR) is 113 cm³/mol. The van der Waals surface area contributed by atoms with E-state index in [2.05, 4.69) is 10.3 Å². The molecule has 0 aliphatic carbocycles. The number of hydrogen-bond donors (Lipinski definition) is 2. The van der Waals surface area contributed by atoms with E-state index in [-0.39, 0.29) is 41.3 Å². The molecule has 5 nitrogen and oxygen atoms in total. The molecule has 142 valence electrons. The van der Waals surface area contributed by atoms with E-state index in [0.29, 0.717) is 19.0 Å². The molecule has 26 heavy (non-hydrogen) atoms. The van der Waals surface area contributed by atoms with E-state index in [1.54, 1.807) is 24.3 Å². The average molecular weight is 473 g/mol. The maximum Gasteiger partial charge on any atom is 0.194 e.